The zero-order chi connectivity index (χ0) is 6.85. The average molecular weight is 240 g/mol. The summed E-state index contributed by atoms with van der Waals surface area (Å²) in [5, 5.41) is 0. The molecule has 2 amide bonds. The highest BCUT2D eigenvalue weighted by molar-refractivity contribution is 14.1. The molecule has 0 N–H and O–H groups in total. The van der Waals surface area contributed by atoms with Crippen LogP contribution in [0.25, 0.3) is 0 Å². The van der Waals surface area contributed by atoms with Crippen LogP contribution < -0.4 is 0 Å². The third-order valence-corrected chi connectivity index (χ3v) is 2.27. The Morgan fingerprint density at radius 3 is 2.56 bits per heavy atom. The number of amides is 2. The number of rotatable bonds is 1. The van der Waals surface area contributed by atoms with Crippen molar-refractivity contribution in [2.45, 2.75) is 0 Å². The number of halogens is 1. The Hall–Kier alpha value is -0.0000000000000000555. The quantitative estimate of drug-likeness (QED) is 0.377. The van der Waals surface area contributed by atoms with E-state index in [1.165, 1.54) is 0 Å². The van der Waals surface area contributed by atoms with E-state index in [-0.39, 0.29) is 6.03 Å². The Labute approximate surface area is 68.1 Å². The fraction of sp³-hybridized carbons (Fsp3) is 0.800. The zero-order valence-electron chi connectivity index (χ0n) is 5.30. The second-order valence-corrected chi connectivity index (χ2v) is 2.77. The van der Waals surface area contributed by atoms with Crippen LogP contribution in [0.15, 0.2) is 0 Å². The molecule has 0 saturated carbocycles. The predicted molar refractivity (Wildman–Crippen MR) is 43.6 cm³/mol. The van der Waals surface area contributed by atoms with E-state index in [9.17, 15) is 4.79 Å². The first-order chi connectivity index (χ1) is 4.25. The topological polar surface area (TPSA) is 23.6 Å². The van der Waals surface area contributed by atoms with Gasteiger partial charge in [0.15, 0.2) is 0 Å². The molecule has 1 aliphatic heterocycles. The molecule has 0 atom stereocenters. The molecule has 9 heavy (non-hydrogen) atoms. The van der Waals surface area contributed by atoms with Crippen LogP contribution in [0.3, 0.4) is 0 Å². The molecule has 0 bridgehead atoms. The molecule has 52 valence electrons. The van der Waals surface area contributed by atoms with Gasteiger partial charge < -0.3 is 9.80 Å². The van der Waals surface area contributed by atoms with Crippen molar-refractivity contribution in [2.75, 3.05) is 24.7 Å². The minimum absolute atomic E-state index is 0.157. The van der Waals surface area contributed by atoms with E-state index in [2.05, 4.69) is 22.6 Å². The van der Waals surface area contributed by atoms with Gasteiger partial charge in [-0.3, -0.25) is 0 Å². The summed E-state index contributed by atoms with van der Waals surface area (Å²) >= 11 is 2.19. The van der Waals surface area contributed by atoms with Gasteiger partial charge in [-0.05, 0) is 0 Å². The normalized spacial score (nSPS) is 19.6. The standard InChI is InChI=1S/C5H9IN2O/c1-7-2-3-8(4-6)5(7)9/h2-4H2,1H3. The van der Waals surface area contributed by atoms with Crippen molar-refractivity contribution in [2.24, 2.45) is 0 Å². The maximum absolute atomic E-state index is 11.0. The van der Waals surface area contributed by atoms with E-state index in [1.54, 1.807) is 4.90 Å². The summed E-state index contributed by atoms with van der Waals surface area (Å²) in [7, 11) is 1.83. The third-order valence-electron chi connectivity index (χ3n) is 1.45. The molecule has 0 aromatic heterocycles. The van der Waals surface area contributed by atoms with E-state index in [1.807, 2.05) is 11.9 Å². The fourth-order valence-corrected chi connectivity index (χ4v) is 1.45. The van der Waals surface area contributed by atoms with Crippen LogP contribution in [-0.2, 0) is 0 Å². The van der Waals surface area contributed by atoms with Gasteiger partial charge in [0.2, 0.25) is 0 Å². The smallest absolute Gasteiger partial charge is 0.320 e. The van der Waals surface area contributed by atoms with Crippen molar-refractivity contribution in [1.29, 1.82) is 0 Å². The molecule has 0 spiro atoms. The van der Waals surface area contributed by atoms with Crippen molar-refractivity contribution >= 4 is 28.6 Å². The van der Waals surface area contributed by atoms with Crippen LogP contribution in [0.1, 0.15) is 0 Å². The Morgan fingerprint density at radius 2 is 2.33 bits per heavy atom. The maximum atomic E-state index is 11.0. The largest absolute Gasteiger partial charge is 0.326 e. The lowest BCUT2D eigenvalue weighted by molar-refractivity contribution is 0.205. The van der Waals surface area contributed by atoms with Crippen molar-refractivity contribution in [1.82, 2.24) is 9.80 Å². The fourth-order valence-electron chi connectivity index (χ4n) is 0.814. The lowest BCUT2D eigenvalue weighted by Gasteiger charge is -2.10. The number of hydrogen-bond donors (Lipinski definition) is 0. The first kappa shape index (κ1) is 7.11. The molecular weight excluding hydrogens is 231 g/mol. The third kappa shape index (κ3) is 1.28. The molecular formula is C5H9IN2O. The number of alkyl halides is 1. The maximum Gasteiger partial charge on any atom is 0.320 e. The van der Waals surface area contributed by atoms with Crippen molar-refractivity contribution in [3.8, 4) is 0 Å². The monoisotopic (exact) mass is 240 g/mol. The summed E-state index contributed by atoms with van der Waals surface area (Å²) in [4.78, 5) is 14.5. The summed E-state index contributed by atoms with van der Waals surface area (Å²) in [5.74, 6) is 0. The Kier molecular flexibility index (Phi) is 2.15. The SMILES string of the molecule is CN1CCN(CI)C1=O. The van der Waals surface area contributed by atoms with Crippen LogP contribution in [0.4, 0.5) is 4.79 Å². The molecule has 1 aliphatic rings. The molecule has 1 saturated heterocycles. The predicted octanol–water partition coefficient (Wildman–Crippen LogP) is 0.746. The van der Waals surface area contributed by atoms with Gasteiger partial charge in [-0.1, -0.05) is 22.6 Å². The highest BCUT2D eigenvalue weighted by Gasteiger charge is 2.23. The van der Waals surface area contributed by atoms with Gasteiger partial charge in [0.05, 0.1) is 4.55 Å². The first-order valence-electron chi connectivity index (χ1n) is 2.81. The van der Waals surface area contributed by atoms with Gasteiger partial charge >= 0.3 is 6.03 Å². The van der Waals surface area contributed by atoms with E-state index in [0.29, 0.717) is 0 Å². The first-order valence-corrected chi connectivity index (χ1v) is 4.34. The number of nitrogens with zero attached hydrogens (tertiary/aromatic N) is 2. The molecule has 0 unspecified atom stereocenters. The molecule has 4 heteroatoms. The highest BCUT2D eigenvalue weighted by Crippen LogP contribution is 2.06. The molecule has 0 aromatic carbocycles. The number of carbonyl (C=O) groups excluding carboxylic acids is 1. The van der Waals surface area contributed by atoms with Crippen LogP contribution in [-0.4, -0.2) is 40.5 Å². The zero-order valence-corrected chi connectivity index (χ0v) is 7.46. The molecule has 0 aliphatic carbocycles. The van der Waals surface area contributed by atoms with Gasteiger partial charge in [0.1, 0.15) is 0 Å². The highest BCUT2D eigenvalue weighted by atomic mass is 127. The lowest BCUT2D eigenvalue weighted by atomic mass is 10.6. The Bertz CT molecular complexity index is 128. The number of carbonyl (C=O) groups is 1. The average Bonchev–Trinajstić information content (AvgIpc) is 2.15. The Balaban J connectivity index is 2.51. The summed E-state index contributed by atoms with van der Waals surface area (Å²) in [6.45, 7) is 1.76. The molecule has 1 fully saturated rings. The summed E-state index contributed by atoms with van der Waals surface area (Å²) in [5.41, 5.74) is 0. The van der Waals surface area contributed by atoms with Crippen LogP contribution in [0, 0.1) is 0 Å². The summed E-state index contributed by atoms with van der Waals surface area (Å²) < 4.78 is 0.806. The van der Waals surface area contributed by atoms with E-state index >= 15 is 0 Å². The van der Waals surface area contributed by atoms with Crippen molar-refractivity contribution in [3.05, 3.63) is 0 Å². The minimum atomic E-state index is 0.157. The number of hydrogen-bond acceptors (Lipinski definition) is 1. The second kappa shape index (κ2) is 2.72. The van der Waals surface area contributed by atoms with E-state index < -0.39 is 0 Å². The van der Waals surface area contributed by atoms with Gasteiger partial charge in [0, 0.05) is 20.1 Å². The van der Waals surface area contributed by atoms with Crippen molar-refractivity contribution < 1.29 is 4.79 Å². The summed E-state index contributed by atoms with van der Waals surface area (Å²) in [6, 6.07) is 0.157. The second-order valence-electron chi connectivity index (χ2n) is 2.09. The molecule has 1 heterocycles. The van der Waals surface area contributed by atoms with Crippen molar-refractivity contribution in [3.63, 3.8) is 0 Å². The molecule has 0 radical (unpaired) electrons. The number of likely N-dealkylation sites (N-methyl/N-ethyl adjacent to an activating group) is 1. The minimum Gasteiger partial charge on any atom is -0.326 e. The Morgan fingerprint density at radius 1 is 1.67 bits per heavy atom. The number of urea groups is 1. The van der Waals surface area contributed by atoms with E-state index in [0.717, 1.165) is 17.6 Å². The van der Waals surface area contributed by atoms with Crippen LogP contribution >= 0.6 is 22.6 Å². The molecule has 0 aromatic rings. The lowest BCUT2D eigenvalue weighted by Crippen LogP contribution is -2.27. The van der Waals surface area contributed by atoms with Gasteiger partial charge in [-0.25, -0.2) is 4.79 Å². The molecule has 3 nitrogen and oxygen atoms in total. The van der Waals surface area contributed by atoms with Crippen LogP contribution in [0.2, 0.25) is 0 Å². The summed E-state index contributed by atoms with van der Waals surface area (Å²) in [6.07, 6.45) is 0. The van der Waals surface area contributed by atoms with Gasteiger partial charge in [0.25, 0.3) is 0 Å². The van der Waals surface area contributed by atoms with Gasteiger partial charge in [-0.15, -0.1) is 0 Å². The van der Waals surface area contributed by atoms with Gasteiger partial charge in [-0.2, -0.15) is 0 Å². The van der Waals surface area contributed by atoms with E-state index in [4.69, 9.17) is 0 Å². The molecule has 1 rings (SSSR count). The van der Waals surface area contributed by atoms with Crippen LogP contribution in [0.5, 0.6) is 0 Å².